The zero-order valence-electron chi connectivity index (χ0n) is 10.8. The van der Waals surface area contributed by atoms with Crippen LogP contribution in [-0.4, -0.2) is 47.0 Å². The molecule has 1 aliphatic heterocycles. The first-order valence-corrected chi connectivity index (χ1v) is 6.13. The molecule has 0 aliphatic carbocycles. The van der Waals surface area contributed by atoms with E-state index in [1.165, 1.54) is 4.90 Å². The minimum Gasteiger partial charge on any atom is -0.480 e. The maximum atomic E-state index is 11.7. The highest BCUT2D eigenvalue weighted by Gasteiger charge is 2.37. The molecule has 0 saturated carbocycles. The average Bonchev–Trinajstić information content (AvgIpc) is 2.71. The minimum atomic E-state index is -1.13. The molecule has 1 heterocycles. The van der Waals surface area contributed by atoms with Crippen molar-refractivity contribution in [3.8, 4) is 12.3 Å². The van der Waals surface area contributed by atoms with Gasteiger partial charge in [0.25, 0.3) is 0 Å². The number of carboxylic acid groups (broad SMARTS) is 1. The third-order valence-electron chi connectivity index (χ3n) is 2.98. The lowest BCUT2D eigenvalue weighted by Gasteiger charge is -2.24. The molecule has 6 heteroatoms. The first-order chi connectivity index (χ1) is 8.99. The van der Waals surface area contributed by atoms with E-state index in [0.29, 0.717) is 0 Å². The monoisotopic (exact) mass is 267 g/mol. The second kappa shape index (κ2) is 6.78. The smallest absolute Gasteiger partial charge is 0.326 e. The average molecular weight is 267 g/mol. The van der Waals surface area contributed by atoms with Crippen molar-refractivity contribution in [2.24, 2.45) is 5.92 Å². The molecule has 1 unspecified atom stereocenters. The van der Waals surface area contributed by atoms with Crippen LogP contribution < -0.4 is 0 Å². The van der Waals surface area contributed by atoms with E-state index in [1.54, 1.807) is 6.92 Å². The van der Waals surface area contributed by atoms with Gasteiger partial charge in [0, 0.05) is 25.3 Å². The fraction of sp³-hybridized carbons (Fsp3) is 0.615. The first kappa shape index (κ1) is 15.0. The Morgan fingerprint density at radius 2 is 2.32 bits per heavy atom. The Bertz CT molecular complexity index is 412. The Morgan fingerprint density at radius 3 is 2.79 bits per heavy atom. The SMILES string of the molecule is C#CC1CC(=O)N([C@@H](CCC(=O)OCC)C(=O)O)C1. The molecule has 2 atom stereocenters. The molecule has 1 N–H and O–H groups in total. The molecule has 1 fully saturated rings. The van der Waals surface area contributed by atoms with Gasteiger partial charge in [0.2, 0.25) is 5.91 Å². The second-order valence-corrected chi connectivity index (χ2v) is 4.31. The molecule has 0 aromatic carbocycles. The van der Waals surface area contributed by atoms with Gasteiger partial charge in [-0.05, 0) is 13.3 Å². The van der Waals surface area contributed by atoms with Crippen LogP contribution >= 0.6 is 0 Å². The summed E-state index contributed by atoms with van der Waals surface area (Å²) < 4.78 is 4.74. The van der Waals surface area contributed by atoms with Crippen LogP contribution in [0.2, 0.25) is 0 Å². The van der Waals surface area contributed by atoms with Crippen LogP contribution in [-0.2, 0) is 19.1 Å². The van der Waals surface area contributed by atoms with Gasteiger partial charge < -0.3 is 14.7 Å². The van der Waals surface area contributed by atoms with Crippen LogP contribution in [0.25, 0.3) is 0 Å². The molecule has 0 radical (unpaired) electrons. The second-order valence-electron chi connectivity index (χ2n) is 4.31. The van der Waals surface area contributed by atoms with Crippen molar-refractivity contribution < 1.29 is 24.2 Å². The lowest BCUT2D eigenvalue weighted by molar-refractivity contribution is -0.150. The first-order valence-electron chi connectivity index (χ1n) is 6.13. The number of aliphatic carboxylic acids is 1. The number of hydrogen-bond acceptors (Lipinski definition) is 4. The fourth-order valence-electron chi connectivity index (χ4n) is 2.04. The van der Waals surface area contributed by atoms with Crippen molar-refractivity contribution in [3.63, 3.8) is 0 Å². The van der Waals surface area contributed by atoms with Gasteiger partial charge in [-0.15, -0.1) is 12.3 Å². The summed E-state index contributed by atoms with van der Waals surface area (Å²) in [4.78, 5) is 35.4. The van der Waals surface area contributed by atoms with Gasteiger partial charge in [0.15, 0.2) is 0 Å². The zero-order valence-corrected chi connectivity index (χ0v) is 10.8. The van der Waals surface area contributed by atoms with Crippen molar-refractivity contribution in [2.75, 3.05) is 13.2 Å². The predicted molar refractivity (Wildman–Crippen MR) is 65.9 cm³/mol. The molecular formula is C13H17NO5. The van der Waals surface area contributed by atoms with E-state index in [0.717, 1.165) is 0 Å². The Labute approximate surface area is 111 Å². The number of carboxylic acids is 1. The molecule has 104 valence electrons. The van der Waals surface area contributed by atoms with Gasteiger partial charge in [-0.25, -0.2) is 4.79 Å². The Balaban J connectivity index is 2.63. The van der Waals surface area contributed by atoms with E-state index in [-0.39, 0.29) is 44.2 Å². The fourth-order valence-corrected chi connectivity index (χ4v) is 2.04. The number of esters is 1. The summed E-state index contributed by atoms with van der Waals surface area (Å²) in [6.07, 6.45) is 5.42. The number of amides is 1. The van der Waals surface area contributed by atoms with Crippen LogP contribution in [0.3, 0.4) is 0 Å². The molecule has 0 aromatic heterocycles. The minimum absolute atomic E-state index is 0.0324. The highest BCUT2D eigenvalue weighted by atomic mass is 16.5. The Kier molecular flexibility index (Phi) is 5.37. The number of hydrogen-bond donors (Lipinski definition) is 1. The van der Waals surface area contributed by atoms with E-state index in [2.05, 4.69) is 5.92 Å². The van der Waals surface area contributed by atoms with Gasteiger partial charge in [-0.2, -0.15) is 0 Å². The van der Waals surface area contributed by atoms with Crippen LogP contribution in [0, 0.1) is 18.3 Å². The summed E-state index contributed by atoms with van der Waals surface area (Å²) >= 11 is 0. The van der Waals surface area contributed by atoms with Gasteiger partial charge >= 0.3 is 11.9 Å². The maximum absolute atomic E-state index is 11.7. The summed E-state index contributed by atoms with van der Waals surface area (Å²) in [5.41, 5.74) is 0. The number of likely N-dealkylation sites (tertiary alicyclic amines) is 1. The van der Waals surface area contributed by atoms with Gasteiger partial charge in [-0.3, -0.25) is 9.59 Å². The van der Waals surface area contributed by atoms with Crippen molar-refractivity contribution in [1.82, 2.24) is 4.90 Å². The third-order valence-corrected chi connectivity index (χ3v) is 2.98. The largest absolute Gasteiger partial charge is 0.480 e. The highest BCUT2D eigenvalue weighted by molar-refractivity contribution is 5.86. The molecule has 1 aliphatic rings. The third kappa shape index (κ3) is 3.98. The van der Waals surface area contributed by atoms with Crippen molar-refractivity contribution in [2.45, 2.75) is 32.2 Å². The Morgan fingerprint density at radius 1 is 1.63 bits per heavy atom. The normalized spacial score (nSPS) is 19.9. The highest BCUT2D eigenvalue weighted by Crippen LogP contribution is 2.22. The number of carbonyl (C=O) groups is 3. The number of carbonyl (C=O) groups excluding carboxylic acids is 2. The van der Waals surface area contributed by atoms with Crippen LogP contribution in [0.1, 0.15) is 26.2 Å². The van der Waals surface area contributed by atoms with E-state index >= 15 is 0 Å². The van der Waals surface area contributed by atoms with Gasteiger partial charge in [0.05, 0.1) is 6.61 Å². The molecule has 19 heavy (non-hydrogen) atoms. The number of terminal acetylenes is 1. The van der Waals surface area contributed by atoms with Crippen LogP contribution in [0.4, 0.5) is 0 Å². The van der Waals surface area contributed by atoms with Gasteiger partial charge in [-0.1, -0.05) is 0 Å². The molecule has 1 amide bonds. The number of rotatable bonds is 6. The summed E-state index contributed by atoms with van der Waals surface area (Å²) in [6.45, 7) is 2.15. The molecule has 0 aromatic rings. The van der Waals surface area contributed by atoms with Crippen molar-refractivity contribution in [1.29, 1.82) is 0 Å². The molecule has 6 nitrogen and oxygen atoms in total. The number of nitrogens with zero attached hydrogens (tertiary/aromatic N) is 1. The zero-order chi connectivity index (χ0) is 14.4. The lowest BCUT2D eigenvalue weighted by atomic mass is 10.1. The standard InChI is InChI=1S/C13H17NO5/c1-3-9-7-11(15)14(8-9)10(13(17)18)5-6-12(16)19-4-2/h1,9-10H,4-8H2,2H3,(H,17,18)/t9?,10-/m0/s1. The molecule has 1 rings (SSSR count). The summed E-state index contributed by atoms with van der Waals surface area (Å²) in [7, 11) is 0. The van der Waals surface area contributed by atoms with E-state index in [1.807, 2.05) is 0 Å². The topological polar surface area (TPSA) is 83.9 Å². The molecule has 0 bridgehead atoms. The number of ether oxygens (including phenoxy) is 1. The van der Waals surface area contributed by atoms with Crippen LogP contribution in [0.5, 0.6) is 0 Å². The molecular weight excluding hydrogens is 250 g/mol. The summed E-state index contributed by atoms with van der Waals surface area (Å²) in [5, 5.41) is 9.16. The quantitative estimate of drug-likeness (QED) is 0.551. The van der Waals surface area contributed by atoms with Crippen LogP contribution in [0.15, 0.2) is 0 Å². The maximum Gasteiger partial charge on any atom is 0.326 e. The lowest BCUT2D eigenvalue weighted by Crippen LogP contribution is -2.42. The van der Waals surface area contributed by atoms with Crippen molar-refractivity contribution in [3.05, 3.63) is 0 Å². The molecule has 0 spiro atoms. The summed E-state index contributed by atoms with van der Waals surface area (Å²) in [5.74, 6) is 0.332. The van der Waals surface area contributed by atoms with E-state index in [4.69, 9.17) is 16.3 Å². The predicted octanol–water partition coefficient (Wildman–Crippen LogP) is 0.265. The van der Waals surface area contributed by atoms with E-state index in [9.17, 15) is 14.4 Å². The van der Waals surface area contributed by atoms with Crippen molar-refractivity contribution >= 4 is 17.8 Å². The van der Waals surface area contributed by atoms with Gasteiger partial charge in [0.1, 0.15) is 6.04 Å². The van der Waals surface area contributed by atoms with E-state index < -0.39 is 18.0 Å². The summed E-state index contributed by atoms with van der Waals surface area (Å²) in [6, 6.07) is -1.02. The molecule has 1 saturated heterocycles. The Hall–Kier alpha value is -2.03.